The van der Waals surface area contributed by atoms with Crippen LogP contribution in [0.5, 0.6) is 0 Å². The number of carbonyl (C=O) groups is 2. The van der Waals surface area contributed by atoms with E-state index in [0.717, 1.165) is 16.9 Å². The van der Waals surface area contributed by atoms with Crippen LogP contribution in [0.15, 0.2) is 46.7 Å². The number of nitrogens with one attached hydrogen (secondary N) is 3. The van der Waals surface area contributed by atoms with Crippen molar-refractivity contribution in [1.82, 2.24) is 16.0 Å². The fourth-order valence-electron chi connectivity index (χ4n) is 2.01. The number of rotatable bonds is 8. The molecule has 0 bridgehead atoms. The molecule has 0 spiro atoms. The minimum absolute atomic E-state index is 0.0542. The summed E-state index contributed by atoms with van der Waals surface area (Å²) >= 11 is 1.01. The zero-order chi connectivity index (χ0) is 19.0. The van der Waals surface area contributed by atoms with Crippen LogP contribution in [0.4, 0.5) is 4.79 Å². The smallest absolute Gasteiger partial charge is 0.315 e. The number of sulfonamides is 1. The van der Waals surface area contributed by atoms with Crippen molar-refractivity contribution in [3.63, 3.8) is 0 Å². The van der Waals surface area contributed by atoms with Gasteiger partial charge < -0.3 is 16.0 Å². The van der Waals surface area contributed by atoms with Crippen molar-refractivity contribution >= 4 is 33.3 Å². The van der Waals surface area contributed by atoms with Crippen molar-refractivity contribution in [3.8, 4) is 0 Å². The first-order chi connectivity index (χ1) is 12.3. The van der Waals surface area contributed by atoms with E-state index >= 15 is 0 Å². The van der Waals surface area contributed by atoms with Crippen LogP contribution in [0.3, 0.4) is 0 Å². The van der Waals surface area contributed by atoms with Gasteiger partial charge in [-0.15, -0.1) is 11.3 Å². The number of nitrogens with two attached hydrogens (primary N) is 1. The average molecular weight is 396 g/mol. The molecule has 5 N–H and O–H groups in total. The molecule has 26 heavy (non-hydrogen) atoms. The monoisotopic (exact) mass is 396 g/mol. The zero-order valence-corrected chi connectivity index (χ0v) is 15.5. The van der Waals surface area contributed by atoms with Crippen LogP contribution in [0.2, 0.25) is 0 Å². The number of benzene rings is 1. The number of hydrogen-bond acceptors (Lipinski definition) is 5. The fourth-order valence-corrected chi connectivity index (χ4v) is 3.73. The molecule has 2 aromatic rings. The summed E-state index contributed by atoms with van der Waals surface area (Å²) in [6.07, 6.45) is 0.117. The predicted octanol–water partition coefficient (Wildman–Crippen LogP) is 0.901. The Morgan fingerprint density at radius 3 is 2.35 bits per heavy atom. The molecule has 0 aliphatic heterocycles. The van der Waals surface area contributed by atoms with E-state index in [-0.39, 0.29) is 35.7 Å². The molecule has 1 aromatic heterocycles. The van der Waals surface area contributed by atoms with E-state index in [2.05, 4.69) is 16.0 Å². The predicted molar refractivity (Wildman–Crippen MR) is 98.8 cm³/mol. The van der Waals surface area contributed by atoms with Gasteiger partial charge in [0.25, 0.3) is 0 Å². The van der Waals surface area contributed by atoms with Crippen molar-refractivity contribution in [3.05, 3.63) is 52.9 Å². The maximum atomic E-state index is 11.8. The SMILES string of the molecule is NS(=O)(=O)c1ccc(CNC(=O)CCNC(=O)NCc2ccccc2)s1. The lowest BCUT2D eigenvalue weighted by Gasteiger charge is -2.08. The highest BCUT2D eigenvalue weighted by Gasteiger charge is 2.11. The lowest BCUT2D eigenvalue weighted by molar-refractivity contribution is -0.121. The molecule has 3 amide bonds. The van der Waals surface area contributed by atoms with E-state index in [1.165, 1.54) is 6.07 Å². The van der Waals surface area contributed by atoms with Crippen LogP contribution in [-0.4, -0.2) is 26.9 Å². The van der Waals surface area contributed by atoms with Crippen molar-refractivity contribution in [2.75, 3.05) is 6.54 Å². The number of carbonyl (C=O) groups excluding carboxylic acids is 2. The second-order valence-corrected chi connectivity index (χ2v) is 8.34. The molecule has 0 fully saturated rings. The summed E-state index contributed by atoms with van der Waals surface area (Å²) in [6, 6.07) is 12.1. The lowest BCUT2D eigenvalue weighted by atomic mass is 10.2. The Kier molecular flexibility index (Phi) is 7.13. The normalized spacial score (nSPS) is 11.0. The molecule has 0 atom stereocenters. The van der Waals surface area contributed by atoms with E-state index in [1.54, 1.807) is 6.07 Å². The zero-order valence-electron chi connectivity index (χ0n) is 13.9. The number of urea groups is 1. The molecule has 0 radical (unpaired) electrons. The summed E-state index contributed by atoms with van der Waals surface area (Å²) in [6.45, 7) is 0.808. The van der Waals surface area contributed by atoms with E-state index in [1.807, 2.05) is 30.3 Å². The number of thiophene rings is 1. The average Bonchev–Trinajstić information content (AvgIpc) is 3.08. The van der Waals surface area contributed by atoms with Gasteiger partial charge in [0.1, 0.15) is 4.21 Å². The summed E-state index contributed by atoms with van der Waals surface area (Å²) in [7, 11) is -3.72. The maximum Gasteiger partial charge on any atom is 0.315 e. The highest BCUT2D eigenvalue weighted by Crippen LogP contribution is 2.19. The van der Waals surface area contributed by atoms with Gasteiger partial charge in [-0.25, -0.2) is 18.4 Å². The van der Waals surface area contributed by atoms with Gasteiger partial charge in [0.15, 0.2) is 0 Å². The van der Waals surface area contributed by atoms with Crippen molar-refractivity contribution < 1.29 is 18.0 Å². The third-order valence-corrected chi connectivity index (χ3v) is 5.83. The Hall–Kier alpha value is -2.43. The second kappa shape index (κ2) is 9.32. The van der Waals surface area contributed by atoms with E-state index in [0.29, 0.717) is 11.4 Å². The standard InChI is InChI=1S/C16H20N4O4S2/c17-26(23,24)15-7-6-13(25-15)11-19-14(21)8-9-18-16(22)20-10-12-4-2-1-3-5-12/h1-7H,8-11H2,(H,19,21)(H2,17,23,24)(H2,18,20,22). The molecule has 2 rings (SSSR count). The van der Waals surface area contributed by atoms with Crippen LogP contribution in [-0.2, 0) is 27.9 Å². The molecule has 0 saturated carbocycles. The van der Waals surface area contributed by atoms with Gasteiger partial charge in [-0.2, -0.15) is 0 Å². The highest BCUT2D eigenvalue weighted by atomic mass is 32.2. The number of hydrogen-bond donors (Lipinski definition) is 4. The molecule has 0 unspecified atom stereocenters. The summed E-state index contributed by atoms with van der Waals surface area (Å²) in [5.41, 5.74) is 0.982. The second-order valence-electron chi connectivity index (χ2n) is 5.39. The third-order valence-electron chi connectivity index (χ3n) is 3.31. The summed E-state index contributed by atoms with van der Waals surface area (Å²) < 4.78 is 22.4. The first kappa shape index (κ1) is 19.9. The molecule has 1 heterocycles. The molecule has 10 heteroatoms. The molecule has 0 aliphatic carbocycles. The van der Waals surface area contributed by atoms with Gasteiger partial charge in [0.2, 0.25) is 15.9 Å². The van der Waals surface area contributed by atoms with E-state index in [9.17, 15) is 18.0 Å². The Morgan fingerprint density at radius 2 is 1.69 bits per heavy atom. The van der Waals surface area contributed by atoms with Crippen LogP contribution in [0.1, 0.15) is 16.9 Å². The van der Waals surface area contributed by atoms with Crippen molar-refractivity contribution in [2.45, 2.75) is 23.7 Å². The largest absolute Gasteiger partial charge is 0.351 e. The Balaban J connectivity index is 1.62. The molecule has 0 aliphatic rings. The molecule has 140 valence electrons. The number of amides is 3. The Bertz CT molecular complexity index is 850. The van der Waals surface area contributed by atoms with Crippen LogP contribution in [0, 0.1) is 0 Å². The Labute approximate surface area is 155 Å². The molecular formula is C16H20N4O4S2. The van der Waals surface area contributed by atoms with Gasteiger partial charge >= 0.3 is 6.03 Å². The van der Waals surface area contributed by atoms with E-state index < -0.39 is 10.0 Å². The van der Waals surface area contributed by atoms with Gasteiger partial charge in [-0.05, 0) is 17.7 Å². The maximum absolute atomic E-state index is 11.8. The molecule has 0 saturated heterocycles. The Morgan fingerprint density at radius 1 is 0.962 bits per heavy atom. The quantitative estimate of drug-likeness (QED) is 0.528. The van der Waals surface area contributed by atoms with Gasteiger partial charge in [-0.1, -0.05) is 30.3 Å². The van der Waals surface area contributed by atoms with Crippen LogP contribution < -0.4 is 21.1 Å². The lowest BCUT2D eigenvalue weighted by Crippen LogP contribution is -2.37. The minimum Gasteiger partial charge on any atom is -0.351 e. The van der Waals surface area contributed by atoms with Crippen LogP contribution in [0.25, 0.3) is 0 Å². The summed E-state index contributed by atoms with van der Waals surface area (Å²) in [5.74, 6) is -0.251. The van der Waals surface area contributed by atoms with Crippen LogP contribution >= 0.6 is 11.3 Å². The van der Waals surface area contributed by atoms with Gasteiger partial charge in [0, 0.05) is 24.4 Å². The van der Waals surface area contributed by atoms with Crippen molar-refractivity contribution in [1.29, 1.82) is 0 Å². The van der Waals surface area contributed by atoms with E-state index in [4.69, 9.17) is 5.14 Å². The molecule has 1 aromatic carbocycles. The fraction of sp³-hybridized carbons (Fsp3) is 0.250. The first-order valence-electron chi connectivity index (χ1n) is 7.78. The van der Waals surface area contributed by atoms with Crippen molar-refractivity contribution in [2.24, 2.45) is 5.14 Å². The topological polar surface area (TPSA) is 130 Å². The molecular weight excluding hydrogens is 376 g/mol. The number of primary sulfonamides is 1. The first-order valence-corrected chi connectivity index (χ1v) is 10.1. The highest BCUT2D eigenvalue weighted by molar-refractivity contribution is 7.91. The third kappa shape index (κ3) is 6.82. The van der Waals surface area contributed by atoms with Gasteiger partial charge in [0.05, 0.1) is 6.54 Å². The summed E-state index contributed by atoms with van der Waals surface area (Å²) in [5, 5.41) is 13.0. The van der Waals surface area contributed by atoms with Gasteiger partial charge in [-0.3, -0.25) is 4.79 Å². The minimum atomic E-state index is -3.72. The summed E-state index contributed by atoms with van der Waals surface area (Å²) in [4.78, 5) is 24.1. The molecule has 8 nitrogen and oxygen atoms in total.